The van der Waals surface area contributed by atoms with Crippen molar-refractivity contribution in [2.75, 3.05) is 57.9 Å². The van der Waals surface area contributed by atoms with Crippen LogP contribution in [0.3, 0.4) is 0 Å². The first kappa shape index (κ1) is 19.6. The summed E-state index contributed by atoms with van der Waals surface area (Å²) in [4.78, 5) is 30.1. The number of primary amides is 1. The predicted molar refractivity (Wildman–Crippen MR) is 104 cm³/mol. The topological polar surface area (TPSA) is 79.1 Å². The van der Waals surface area contributed by atoms with Crippen LogP contribution < -0.4 is 10.6 Å². The molecule has 3 rings (SSSR count). The van der Waals surface area contributed by atoms with E-state index in [-0.39, 0.29) is 17.7 Å². The molecule has 0 bridgehead atoms. The van der Waals surface area contributed by atoms with Gasteiger partial charge in [-0.15, -0.1) is 0 Å². The van der Waals surface area contributed by atoms with E-state index >= 15 is 0 Å². The Kier molecular flexibility index (Phi) is 6.68. The summed E-state index contributed by atoms with van der Waals surface area (Å²) in [7, 11) is 1.98. The summed E-state index contributed by atoms with van der Waals surface area (Å²) < 4.78 is 5.45. The zero-order valence-electron chi connectivity index (χ0n) is 16.1. The molecule has 0 aromatic heterocycles. The third kappa shape index (κ3) is 5.20. The second kappa shape index (κ2) is 9.19. The second-order valence-corrected chi connectivity index (χ2v) is 7.46. The van der Waals surface area contributed by atoms with Crippen molar-refractivity contribution < 1.29 is 14.3 Å². The molecule has 0 radical (unpaired) electrons. The van der Waals surface area contributed by atoms with Gasteiger partial charge in [-0.25, -0.2) is 0 Å². The first-order chi connectivity index (χ1) is 13.0. The van der Waals surface area contributed by atoms with Crippen molar-refractivity contribution in [3.8, 4) is 0 Å². The molecule has 0 spiro atoms. The smallest absolute Gasteiger partial charge is 0.236 e. The fourth-order valence-corrected chi connectivity index (χ4v) is 3.85. The Morgan fingerprint density at radius 3 is 2.48 bits per heavy atom. The maximum atomic E-state index is 12.6. The lowest BCUT2D eigenvalue weighted by Gasteiger charge is -2.33. The number of hydrogen-bond acceptors (Lipinski definition) is 5. The molecule has 27 heavy (non-hydrogen) atoms. The van der Waals surface area contributed by atoms with Gasteiger partial charge in [0.1, 0.15) is 0 Å². The highest BCUT2D eigenvalue weighted by atomic mass is 16.5. The Bertz CT molecular complexity index is 652. The van der Waals surface area contributed by atoms with Gasteiger partial charge in [0.25, 0.3) is 0 Å². The van der Waals surface area contributed by atoms with Crippen molar-refractivity contribution in [1.29, 1.82) is 0 Å². The van der Waals surface area contributed by atoms with Crippen molar-refractivity contribution in [1.82, 2.24) is 9.80 Å². The average Bonchev–Trinajstić information content (AvgIpc) is 2.69. The van der Waals surface area contributed by atoms with Gasteiger partial charge in [0.2, 0.25) is 11.8 Å². The molecular weight excluding hydrogens is 344 g/mol. The number of piperidine rings is 1. The van der Waals surface area contributed by atoms with Crippen LogP contribution in [0.4, 0.5) is 5.69 Å². The van der Waals surface area contributed by atoms with Crippen molar-refractivity contribution in [3.05, 3.63) is 29.8 Å². The van der Waals surface area contributed by atoms with E-state index < -0.39 is 0 Å². The van der Waals surface area contributed by atoms with Gasteiger partial charge in [0.05, 0.1) is 19.8 Å². The van der Waals surface area contributed by atoms with E-state index in [1.807, 2.05) is 18.0 Å². The quantitative estimate of drug-likeness (QED) is 0.792. The Balaban J connectivity index is 1.54. The number of likely N-dealkylation sites (N-methyl/N-ethyl adjacent to an activating group) is 1. The van der Waals surface area contributed by atoms with E-state index in [4.69, 9.17) is 10.5 Å². The lowest BCUT2D eigenvalue weighted by molar-refractivity contribution is -0.135. The molecule has 2 aliphatic heterocycles. The van der Waals surface area contributed by atoms with Gasteiger partial charge in [0.15, 0.2) is 0 Å². The summed E-state index contributed by atoms with van der Waals surface area (Å²) in [6.45, 7) is 5.63. The molecule has 0 aliphatic carbocycles. The number of nitrogens with two attached hydrogens (primary N) is 1. The number of likely N-dealkylation sites (tertiary alicyclic amines) is 1. The van der Waals surface area contributed by atoms with E-state index in [0.717, 1.165) is 32.8 Å². The average molecular weight is 374 g/mol. The number of anilines is 1. The van der Waals surface area contributed by atoms with Crippen LogP contribution >= 0.6 is 0 Å². The monoisotopic (exact) mass is 374 g/mol. The maximum absolute atomic E-state index is 12.6. The highest BCUT2D eigenvalue weighted by molar-refractivity contribution is 5.80. The van der Waals surface area contributed by atoms with Gasteiger partial charge in [-0.3, -0.25) is 14.5 Å². The zero-order valence-corrected chi connectivity index (χ0v) is 16.1. The third-order valence-corrected chi connectivity index (χ3v) is 5.44. The molecule has 0 saturated carbocycles. The standard InChI is InChI=1S/C20H30N4O3/c1-22(15-19(25)24-8-6-16(7-9-24)20(21)26)14-17-4-2-3-5-18(17)23-10-12-27-13-11-23/h2-5,16H,6-15H2,1H3,(H2,21,26). The number of hydrogen-bond donors (Lipinski definition) is 1. The molecule has 7 heteroatoms. The van der Waals surface area contributed by atoms with Crippen LogP contribution in [0.5, 0.6) is 0 Å². The molecule has 2 aliphatic rings. The number of nitrogens with zero attached hydrogens (tertiary/aromatic N) is 3. The van der Waals surface area contributed by atoms with Crippen molar-refractivity contribution >= 4 is 17.5 Å². The van der Waals surface area contributed by atoms with Crippen molar-refractivity contribution in [3.63, 3.8) is 0 Å². The SMILES string of the molecule is CN(CC(=O)N1CCC(C(N)=O)CC1)Cc1ccccc1N1CCOCC1. The van der Waals surface area contributed by atoms with E-state index in [1.165, 1.54) is 11.3 Å². The van der Waals surface area contributed by atoms with Crippen LogP contribution in [0.15, 0.2) is 24.3 Å². The maximum Gasteiger partial charge on any atom is 0.236 e. The van der Waals surface area contributed by atoms with Crippen molar-refractivity contribution in [2.45, 2.75) is 19.4 Å². The van der Waals surface area contributed by atoms with Gasteiger partial charge >= 0.3 is 0 Å². The minimum Gasteiger partial charge on any atom is -0.378 e. The summed E-state index contributed by atoms with van der Waals surface area (Å²) >= 11 is 0. The first-order valence-electron chi connectivity index (χ1n) is 9.71. The summed E-state index contributed by atoms with van der Waals surface area (Å²) in [6, 6.07) is 8.38. The number of para-hydroxylation sites is 1. The number of amides is 2. The molecule has 2 amide bonds. The number of carbonyl (C=O) groups excluding carboxylic acids is 2. The molecule has 148 valence electrons. The van der Waals surface area contributed by atoms with E-state index in [1.54, 1.807) is 0 Å². The first-order valence-corrected chi connectivity index (χ1v) is 9.71. The number of benzene rings is 1. The number of rotatable bonds is 6. The molecule has 1 aromatic carbocycles. The van der Waals surface area contributed by atoms with Gasteiger partial charge in [-0.2, -0.15) is 0 Å². The Morgan fingerprint density at radius 2 is 1.81 bits per heavy atom. The molecule has 1 aromatic rings. The number of ether oxygens (including phenoxy) is 1. The molecule has 2 saturated heterocycles. The normalized spacial score (nSPS) is 18.7. The molecule has 0 atom stereocenters. The van der Waals surface area contributed by atoms with Gasteiger partial charge < -0.3 is 20.3 Å². The van der Waals surface area contributed by atoms with Crippen LogP contribution in [0.2, 0.25) is 0 Å². The molecular formula is C20H30N4O3. The van der Waals surface area contributed by atoms with Crippen LogP contribution in [-0.4, -0.2) is 74.6 Å². The summed E-state index contributed by atoms with van der Waals surface area (Å²) in [6.07, 6.45) is 1.34. The minimum atomic E-state index is -0.251. The van der Waals surface area contributed by atoms with Crippen LogP contribution in [-0.2, 0) is 20.9 Å². The highest BCUT2D eigenvalue weighted by Crippen LogP contribution is 2.23. The lowest BCUT2D eigenvalue weighted by atomic mass is 9.96. The van der Waals surface area contributed by atoms with Gasteiger partial charge in [-0.05, 0) is 31.5 Å². The molecule has 2 N–H and O–H groups in total. The third-order valence-electron chi connectivity index (χ3n) is 5.44. The molecule has 0 unspecified atom stereocenters. The molecule has 2 fully saturated rings. The fraction of sp³-hybridized carbons (Fsp3) is 0.600. The lowest BCUT2D eigenvalue weighted by Crippen LogP contribution is -2.45. The van der Waals surface area contributed by atoms with E-state index in [2.05, 4.69) is 28.0 Å². The van der Waals surface area contributed by atoms with Crippen LogP contribution in [0.1, 0.15) is 18.4 Å². The Hall–Kier alpha value is -2.12. The number of morpholine rings is 1. The van der Waals surface area contributed by atoms with Crippen LogP contribution in [0, 0.1) is 5.92 Å². The van der Waals surface area contributed by atoms with Crippen molar-refractivity contribution in [2.24, 2.45) is 11.7 Å². The van der Waals surface area contributed by atoms with E-state index in [0.29, 0.717) is 32.5 Å². The zero-order chi connectivity index (χ0) is 19.2. The van der Waals surface area contributed by atoms with E-state index in [9.17, 15) is 9.59 Å². The predicted octanol–water partition coefficient (Wildman–Crippen LogP) is 0.679. The molecule has 7 nitrogen and oxygen atoms in total. The fourth-order valence-electron chi connectivity index (χ4n) is 3.85. The highest BCUT2D eigenvalue weighted by Gasteiger charge is 2.26. The van der Waals surface area contributed by atoms with Gasteiger partial charge in [-0.1, -0.05) is 18.2 Å². The Labute approximate surface area is 161 Å². The Morgan fingerprint density at radius 1 is 1.15 bits per heavy atom. The summed E-state index contributed by atoms with van der Waals surface area (Å²) in [5.41, 5.74) is 7.82. The second-order valence-electron chi connectivity index (χ2n) is 7.46. The number of carbonyl (C=O) groups is 2. The van der Waals surface area contributed by atoms with Gasteiger partial charge in [0, 0.05) is 44.3 Å². The molecule has 2 heterocycles. The van der Waals surface area contributed by atoms with Crippen LogP contribution in [0.25, 0.3) is 0 Å². The minimum absolute atomic E-state index is 0.0906. The largest absolute Gasteiger partial charge is 0.378 e. The summed E-state index contributed by atoms with van der Waals surface area (Å²) in [5, 5.41) is 0. The summed E-state index contributed by atoms with van der Waals surface area (Å²) in [5.74, 6) is -0.226.